The van der Waals surface area contributed by atoms with Crippen molar-refractivity contribution in [2.24, 2.45) is 11.1 Å². The van der Waals surface area contributed by atoms with Gasteiger partial charge in [0.15, 0.2) is 0 Å². The molecule has 0 aromatic carbocycles. The van der Waals surface area contributed by atoms with Gasteiger partial charge in [-0.3, -0.25) is 4.79 Å². The molecule has 0 spiro atoms. The highest BCUT2D eigenvalue weighted by Crippen LogP contribution is 2.32. The van der Waals surface area contributed by atoms with E-state index in [9.17, 15) is 4.79 Å². The third kappa shape index (κ3) is 4.96. The Hall–Kier alpha value is -0.610. The third-order valence-corrected chi connectivity index (χ3v) is 4.52. The number of nitrogens with zero attached hydrogens (tertiary/aromatic N) is 1. The maximum Gasteiger partial charge on any atom is 0.230 e. The number of amides is 1. The molecule has 1 aliphatic rings. The van der Waals surface area contributed by atoms with Crippen LogP contribution in [-0.2, 0) is 9.53 Å². The van der Waals surface area contributed by atoms with E-state index in [0.29, 0.717) is 6.54 Å². The van der Waals surface area contributed by atoms with E-state index in [4.69, 9.17) is 10.5 Å². The number of hydrogen-bond acceptors (Lipinski definition) is 3. The lowest BCUT2D eigenvalue weighted by atomic mass is 9.77. The molecule has 1 heterocycles. The van der Waals surface area contributed by atoms with Gasteiger partial charge in [0.1, 0.15) is 0 Å². The zero-order valence-electron chi connectivity index (χ0n) is 14.2. The van der Waals surface area contributed by atoms with Crippen LogP contribution in [0.4, 0.5) is 0 Å². The lowest BCUT2D eigenvalue weighted by molar-refractivity contribution is -0.147. The fourth-order valence-electron chi connectivity index (χ4n) is 3.47. The van der Waals surface area contributed by atoms with Crippen LogP contribution in [0.25, 0.3) is 0 Å². The zero-order valence-corrected chi connectivity index (χ0v) is 14.2. The van der Waals surface area contributed by atoms with Gasteiger partial charge in [-0.05, 0) is 32.1 Å². The van der Waals surface area contributed by atoms with Crippen LogP contribution in [-0.4, -0.2) is 43.2 Å². The lowest BCUT2D eigenvalue weighted by Crippen LogP contribution is -2.52. The molecule has 0 aliphatic carbocycles. The molecule has 1 rings (SSSR count). The van der Waals surface area contributed by atoms with Gasteiger partial charge in [-0.2, -0.15) is 0 Å². The van der Waals surface area contributed by atoms with Crippen molar-refractivity contribution in [3.05, 3.63) is 0 Å². The molecule has 0 aromatic rings. The van der Waals surface area contributed by atoms with E-state index in [0.717, 1.165) is 64.6 Å². The molecular weight excluding hydrogens is 264 g/mol. The summed E-state index contributed by atoms with van der Waals surface area (Å²) in [4.78, 5) is 15.1. The number of nitrogens with two attached hydrogens (primary N) is 1. The summed E-state index contributed by atoms with van der Waals surface area (Å²) in [7, 11) is 0. The van der Waals surface area contributed by atoms with E-state index in [2.05, 4.69) is 20.8 Å². The number of carbonyl (C=O) groups is 1. The molecule has 1 unspecified atom stereocenters. The zero-order chi connectivity index (χ0) is 15.7. The van der Waals surface area contributed by atoms with Gasteiger partial charge >= 0.3 is 0 Å². The molecule has 21 heavy (non-hydrogen) atoms. The standard InChI is InChI=1S/C17H34N2O2/c1-4-9-17(14-18,10-5-2)16(20)19-11-7-8-15(13-19)21-12-6-3/h15H,4-14,18H2,1-3H3. The summed E-state index contributed by atoms with van der Waals surface area (Å²) in [6.07, 6.45) is 7.16. The number of carbonyl (C=O) groups excluding carboxylic acids is 1. The van der Waals surface area contributed by atoms with Crippen molar-refractivity contribution < 1.29 is 9.53 Å². The maximum absolute atomic E-state index is 13.0. The lowest BCUT2D eigenvalue weighted by Gasteiger charge is -2.40. The molecule has 1 fully saturated rings. The monoisotopic (exact) mass is 298 g/mol. The maximum atomic E-state index is 13.0. The average Bonchev–Trinajstić information content (AvgIpc) is 2.52. The number of likely N-dealkylation sites (tertiary alicyclic amines) is 1. The number of ether oxygens (including phenoxy) is 1. The Balaban J connectivity index is 2.73. The molecular formula is C17H34N2O2. The van der Waals surface area contributed by atoms with Crippen molar-refractivity contribution in [2.45, 2.75) is 71.8 Å². The predicted molar refractivity (Wildman–Crippen MR) is 87.1 cm³/mol. The van der Waals surface area contributed by atoms with Crippen LogP contribution in [0.5, 0.6) is 0 Å². The first kappa shape index (κ1) is 18.4. The van der Waals surface area contributed by atoms with Gasteiger partial charge in [0.2, 0.25) is 5.91 Å². The largest absolute Gasteiger partial charge is 0.376 e. The van der Waals surface area contributed by atoms with Gasteiger partial charge in [0.05, 0.1) is 11.5 Å². The highest BCUT2D eigenvalue weighted by atomic mass is 16.5. The van der Waals surface area contributed by atoms with Crippen molar-refractivity contribution in [3.8, 4) is 0 Å². The van der Waals surface area contributed by atoms with Gasteiger partial charge in [0.25, 0.3) is 0 Å². The fourth-order valence-corrected chi connectivity index (χ4v) is 3.47. The van der Waals surface area contributed by atoms with Crippen molar-refractivity contribution in [1.29, 1.82) is 0 Å². The molecule has 0 bridgehead atoms. The van der Waals surface area contributed by atoms with Gasteiger partial charge in [-0.15, -0.1) is 0 Å². The van der Waals surface area contributed by atoms with E-state index in [1.807, 2.05) is 4.90 Å². The second-order valence-corrected chi connectivity index (χ2v) is 6.37. The minimum atomic E-state index is -0.351. The molecule has 0 aromatic heterocycles. The van der Waals surface area contributed by atoms with Gasteiger partial charge in [-0.1, -0.05) is 33.6 Å². The fraction of sp³-hybridized carbons (Fsp3) is 0.941. The SMILES string of the molecule is CCCOC1CCCN(C(=O)C(CN)(CCC)CCC)C1. The van der Waals surface area contributed by atoms with Crippen LogP contribution in [0.2, 0.25) is 0 Å². The van der Waals surface area contributed by atoms with Crippen molar-refractivity contribution in [3.63, 3.8) is 0 Å². The molecule has 2 N–H and O–H groups in total. The van der Waals surface area contributed by atoms with Gasteiger partial charge in [0, 0.05) is 26.2 Å². The Morgan fingerprint density at radius 2 is 1.90 bits per heavy atom. The van der Waals surface area contributed by atoms with Crippen LogP contribution >= 0.6 is 0 Å². The molecule has 4 heteroatoms. The molecule has 0 saturated carbocycles. The molecule has 124 valence electrons. The Kier molecular flexibility index (Phi) is 8.27. The van der Waals surface area contributed by atoms with Crippen LogP contribution in [0, 0.1) is 5.41 Å². The van der Waals surface area contributed by atoms with E-state index < -0.39 is 0 Å². The molecule has 1 amide bonds. The first-order chi connectivity index (χ1) is 10.1. The van der Waals surface area contributed by atoms with E-state index in [1.54, 1.807) is 0 Å². The Bertz CT molecular complexity index is 301. The van der Waals surface area contributed by atoms with Crippen LogP contribution < -0.4 is 5.73 Å². The summed E-state index contributed by atoms with van der Waals surface area (Å²) in [6.45, 7) is 9.25. The second kappa shape index (κ2) is 9.42. The minimum absolute atomic E-state index is 0.210. The molecule has 1 aliphatic heterocycles. The molecule has 4 nitrogen and oxygen atoms in total. The predicted octanol–water partition coefficient (Wildman–Crippen LogP) is 2.95. The first-order valence-corrected chi connectivity index (χ1v) is 8.74. The van der Waals surface area contributed by atoms with Gasteiger partial charge < -0.3 is 15.4 Å². The first-order valence-electron chi connectivity index (χ1n) is 8.74. The van der Waals surface area contributed by atoms with Crippen molar-refractivity contribution in [1.82, 2.24) is 4.90 Å². The van der Waals surface area contributed by atoms with Crippen LogP contribution in [0.1, 0.15) is 65.7 Å². The van der Waals surface area contributed by atoms with E-state index in [1.165, 1.54) is 0 Å². The quantitative estimate of drug-likeness (QED) is 0.712. The number of hydrogen-bond donors (Lipinski definition) is 1. The smallest absolute Gasteiger partial charge is 0.230 e. The Labute approximate surface area is 130 Å². The Morgan fingerprint density at radius 3 is 2.43 bits per heavy atom. The number of piperidine rings is 1. The van der Waals surface area contributed by atoms with E-state index in [-0.39, 0.29) is 17.4 Å². The highest BCUT2D eigenvalue weighted by molar-refractivity contribution is 5.83. The van der Waals surface area contributed by atoms with Crippen LogP contribution in [0.3, 0.4) is 0 Å². The summed E-state index contributed by atoms with van der Waals surface area (Å²) in [5, 5.41) is 0. The van der Waals surface area contributed by atoms with Crippen molar-refractivity contribution in [2.75, 3.05) is 26.2 Å². The summed E-state index contributed by atoms with van der Waals surface area (Å²) in [5.74, 6) is 0.262. The van der Waals surface area contributed by atoms with Gasteiger partial charge in [-0.25, -0.2) is 0 Å². The molecule has 1 saturated heterocycles. The third-order valence-electron chi connectivity index (χ3n) is 4.52. The molecule has 1 atom stereocenters. The summed E-state index contributed by atoms with van der Waals surface area (Å²) >= 11 is 0. The van der Waals surface area contributed by atoms with Crippen LogP contribution in [0.15, 0.2) is 0 Å². The summed E-state index contributed by atoms with van der Waals surface area (Å²) in [5.41, 5.74) is 5.67. The van der Waals surface area contributed by atoms with E-state index >= 15 is 0 Å². The number of rotatable bonds is 9. The highest BCUT2D eigenvalue weighted by Gasteiger charge is 2.39. The normalized spacial score (nSPS) is 19.8. The van der Waals surface area contributed by atoms with Crippen molar-refractivity contribution >= 4 is 5.91 Å². The second-order valence-electron chi connectivity index (χ2n) is 6.37. The topological polar surface area (TPSA) is 55.6 Å². The summed E-state index contributed by atoms with van der Waals surface area (Å²) in [6, 6.07) is 0. The summed E-state index contributed by atoms with van der Waals surface area (Å²) < 4.78 is 5.85. The Morgan fingerprint density at radius 1 is 1.24 bits per heavy atom. The average molecular weight is 298 g/mol. The minimum Gasteiger partial charge on any atom is -0.376 e. The molecule has 0 radical (unpaired) electrons.